The van der Waals surface area contributed by atoms with E-state index in [9.17, 15) is 4.79 Å². The number of carbonyl (C=O) groups is 1. The first-order chi connectivity index (χ1) is 13.2. The van der Waals surface area contributed by atoms with Crippen LogP contribution in [0.5, 0.6) is 11.5 Å². The smallest absolute Gasteiger partial charge is 0.257 e. The van der Waals surface area contributed by atoms with Crippen LogP contribution in [-0.4, -0.2) is 65.2 Å². The number of hydrogen-bond donors (Lipinski definition) is 1. The lowest BCUT2D eigenvalue weighted by atomic mass is 10.2. The molecule has 0 saturated carbocycles. The number of benzene rings is 1. The van der Waals surface area contributed by atoms with Gasteiger partial charge < -0.3 is 24.6 Å². The van der Waals surface area contributed by atoms with Crippen molar-refractivity contribution in [2.75, 3.05) is 44.8 Å². The molecule has 8 nitrogen and oxygen atoms in total. The Kier molecular flexibility index (Phi) is 5.06. The van der Waals surface area contributed by atoms with Crippen LogP contribution in [0.25, 0.3) is 0 Å². The maximum Gasteiger partial charge on any atom is 0.257 e. The van der Waals surface area contributed by atoms with Crippen molar-refractivity contribution >= 4 is 11.9 Å². The molecule has 142 valence electrons. The van der Waals surface area contributed by atoms with Crippen molar-refractivity contribution in [2.24, 2.45) is 0 Å². The summed E-state index contributed by atoms with van der Waals surface area (Å²) in [5.74, 6) is 1.99. The fourth-order valence-corrected chi connectivity index (χ4v) is 3.21. The van der Waals surface area contributed by atoms with Gasteiger partial charge in [0, 0.05) is 45.1 Å². The number of carbonyl (C=O) groups excluding carboxylic acids is 1. The van der Waals surface area contributed by atoms with Crippen LogP contribution in [0.1, 0.15) is 22.8 Å². The summed E-state index contributed by atoms with van der Waals surface area (Å²) in [5.41, 5.74) is 1.56. The zero-order valence-corrected chi connectivity index (χ0v) is 15.4. The van der Waals surface area contributed by atoms with E-state index in [1.165, 1.54) is 0 Å². The SMILES string of the molecule is CCN1CCN(C(=O)c2cnc(NCc3ccc4c(c3)OCO4)nc2)CC1. The average Bonchev–Trinajstić information content (AvgIpc) is 3.20. The van der Waals surface area contributed by atoms with Crippen molar-refractivity contribution in [2.45, 2.75) is 13.5 Å². The van der Waals surface area contributed by atoms with E-state index >= 15 is 0 Å². The van der Waals surface area contributed by atoms with Crippen LogP contribution in [-0.2, 0) is 6.54 Å². The van der Waals surface area contributed by atoms with Gasteiger partial charge in [0.25, 0.3) is 5.91 Å². The number of rotatable bonds is 5. The minimum atomic E-state index is -0.00641. The summed E-state index contributed by atoms with van der Waals surface area (Å²) in [6.07, 6.45) is 3.17. The van der Waals surface area contributed by atoms with Gasteiger partial charge in [-0.15, -0.1) is 0 Å². The summed E-state index contributed by atoms with van der Waals surface area (Å²) < 4.78 is 10.7. The quantitative estimate of drug-likeness (QED) is 0.857. The third-order valence-corrected chi connectivity index (χ3v) is 4.89. The highest BCUT2D eigenvalue weighted by atomic mass is 16.7. The minimum Gasteiger partial charge on any atom is -0.454 e. The number of ether oxygens (including phenoxy) is 2. The molecule has 1 fully saturated rings. The van der Waals surface area contributed by atoms with Gasteiger partial charge >= 0.3 is 0 Å². The molecule has 27 heavy (non-hydrogen) atoms. The summed E-state index contributed by atoms with van der Waals surface area (Å²) in [5, 5.41) is 3.16. The molecular weight excluding hydrogens is 346 g/mol. The van der Waals surface area contributed by atoms with Crippen LogP contribution in [0.15, 0.2) is 30.6 Å². The van der Waals surface area contributed by atoms with E-state index in [1.54, 1.807) is 12.4 Å². The fraction of sp³-hybridized carbons (Fsp3) is 0.421. The van der Waals surface area contributed by atoms with Crippen LogP contribution < -0.4 is 14.8 Å². The zero-order valence-electron chi connectivity index (χ0n) is 15.4. The van der Waals surface area contributed by atoms with Gasteiger partial charge in [-0.2, -0.15) is 0 Å². The van der Waals surface area contributed by atoms with Gasteiger partial charge in [-0.25, -0.2) is 9.97 Å². The number of fused-ring (bicyclic) bond motifs is 1. The van der Waals surface area contributed by atoms with Crippen LogP contribution in [0.2, 0.25) is 0 Å². The summed E-state index contributed by atoms with van der Waals surface area (Å²) in [6, 6.07) is 5.79. The summed E-state index contributed by atoms with van der Waals surface area (Å²) in [6.45, 7) is 7.31. The largest absolute Gasteiger partial charge is 0.454 e. The molecule has 0 atom stereocenters. The number of nitrogens with zero attached hydrogens (tertiary/aromatic N) is 4. The maximum atomic E-state index is 12.6. The second-order valence-electron chi connectivity index (χ2n) is 6.56. The molecule has 0 aliphatic carbocycles. The highest BCUT2D eigenvalue weighted by Crippen LogP contribution is 2.32. The van der Waals surface area contributed by atoms with Crippen molar-refractivity contribution in [3.05, 3.63) is 41.7 Å². The molecule has 1 aromatic heterocycles. The average molecular weight is 369 g/mol. The van der Waals surface area contributed by atoms with E-state index in [2.05, 4.69) is 27.1 Å². The second-order valence-corrected chi connectivity index (χ2v) is 6.56. The molecule has 2 aromatic rings. The fourth-order valence-electron chi connectivity index (χ4n) is 3.21. The monoisotopic (exact) mass is 369 g/mol. The van der Waals surface area contributed by atoms with Gasteiger partial charge in [0.2, 0.25) is 12.7 Å². The third kappa shape index (κ3) is 3.95. The van der Waals surface area contributed by atoms with Crippen LogP contribution in [0.4, 0.5) is 5.95 Å². The van der Waals surface area contributed by atoms with Crippen LogP contribution in [0, 0.1) is 0 Å². The molecule has 4 rings (SSSR count). The van der Waals surface area contributed by atoms with E-state index in [4.69, 9.17) is 9.47 Å². The van der Waals surface area contributed by atoms with Crippen molar-refractivity contribution in [1.29, 1.82) is 0 Å². The van der Waals surface area contributed by atoms with Crippen molar-refractivity contribution in [3.63, 3.8) is 0 Å². The summed E-state index contributed by atoms with van der Waals surface area (Å²) >= 11 is 0. The van der Waals surface area contributed by atoms with Crippen LogP contribution in [0.3, 0.4) is 0 Å². The number of nitrogens with one attached hydrogen (secondary N) is 1. The normalized spacial score (nSPS) is 16.4. The molecule has 2 aliphatic rings. The van der Waals surface area contributed by atoms with Gasteiger partial charge in [0.1, 0.15) is 0 Å². The number of anilines is 1. The Balaban J connectivity index is 1.33. The molecule has 3 heterocycles. The van der Waals surface area contributed by atoms with Gasteiger partial charge in [-0.05, 0) is 24.2 Å². The summed E-state index contributed by atoms with van der Waals surface area (Å²) in [4.78, 5) is 25.3. The molecule has 2 aliphatic heterocycles. The van der Waals surface area contributed by atoms with Crippen molar-refractivity contribution in [1.82, 2.24) is 19.8 Å². The van der Waals surface area contributed by atoms with Gasteiger partial charge in [0.05, 0.1) is 5.56 Å². The predicted octanol–water partition coefficient (Wildman–Crippen LogP) is 1.60. The first-order valence-corrected chi connectivity index (χ1v) is 9.19. The van der Waals surface area contributed by atoms with E-state index in [0.717, 1.165) is 49.8 Å². The molecule has 1 amide bonds. The second kappa shape index (κ2) is 7.79. The Hall–Kier alpha value is -2.87. The predicted molar refractivity (Wildman–Crippen MR) is 99.9 cm³/mol. The maximum absolute atomic E-state index is 12.6. The Morgan fingerprint density at radius 2 is 1.85 bits per heavy atom. The minimum absolute atomic E-state index is 0.00641. The molecule has 1 aromatic carbocycles. The molecule has 0 spiro atoms. The van der Waals surface area contributed by atoms with Crippen LogP contribution >= 0.6 is 0 Å². The Bertz CT molecular complexity index is 803. The van der Waals surface area contributed by atoms with E-state index in [1.807, 2.05) is 23.1 Å². The highest BCUT2D eigenvalue weighted by Gasteiger charge is 2.21. The Morgan fingerprint density at radius 3 is 2.59 bits per heavy atom. The lowest BCUT2D eigenvalue weighted by Gasteiger charge is -2.33. The molecular formula is C19H23N5O3. The Labute approximate surface area is 158 Å². The Morgan fingerprint density at radius 1 is 1.11 bits per heavy atom. The number of hydrogen-bond acceptors (Lipinski definition) is 7. The van der Waals surface area contributed by atoms with Gasteiger partial charge in [0.15, 0.2) is 11.5 Å². The number of aromatic nitrogens is 2. The lowest BCUT2D eigenvalue weighted by Crippen LogP contribution is -2.48. The molecule has 0 bridgehead atoms. The number of likely N-dealkylation sites (N-methyl/N-ethyl adjacent to an activating group) is 1. The van der Waals surface area contributed by atoms with Crippen molar-refractivity contribution in [3.8, 4) is 11.5 Å². The topological polar surface area (TPSA) is 79.8 Å². The first-order valence-electron chi connectivity index (χ1n) is 9.19. The molecule has 0 radical (unpaired) electrons. The molecule has 0 unspecified atom stereocenters. The summed E-state index contributed by atoms with van der Waals surface area (Å²) in [7, 11) is 0. The highest BCUT2D eigenvalue weighted by molar-refractivity contribution is 5.93. The van der Waals surface area contributed by atoms with E-state index in [0.29, 0.717) is 18.1 Å². The third-order valence-electron chi connectivity index (χ3n) is 4.89. The standard InChI is InChI=1S/C19H23N5O3/c1-2-23-5-7-24(8-6-23)18(25)15-11-21-19(22-12-15)20-10-14-3-4-16-17(9-14)27-13-26-16/h3-4,9,11-12H,2,5-8,10,13H2,1H3,(H,20,21,22). The van der Waals surface area contributed by atoms with Crippen molar-refractivity contribution < 1.29 is 14.3 Å². The molecule has 1 saturated heterocycles. The van der Waals surface area contributed by atoms with Gasteiger partial charge in [-0.3, -0.25) is 4.79 Å². The van der Waals surface area contributed by atoms with E-state index < -0.39 is 0 Å². The molecule has 8 heteroatoms. The lowest BCUT2D eigenvalue weighted by molar-refractivity contribution is 0.0642. The number of amides is 1. The van der Waals surface area contributed by atoms with E-state index in [-0.39, 0.29) is 12.7 Å². The van der Waals surface area contributed by atoms with Gasteiger partial charge in [-0.1, -0.05) is 13.0 Å². The zero-order chi connectivity index (χ0) is 18.6. The number of piperazine rings is 1. The first kappa shape index (κ1) is 17.5. The molecule has 1 N–H and O–H groups in total.